The molecule has 1 rings (SSSR count). The third-order valence-electron chi connectivity index (χ3n) is 2.87. The van der Waals surface area contributed by atoms with Crippen molar-refractivity contribution >= 4 is 0 Å². The van der Waals surface area contributed by atoms with Gasteiger partial charge in [0.25, 0.3) is 0 Å². The predicted octanol–water partition coefficient (Wildman–Crippen LogP) is 3.55. The minimum atomic E-state index is -0.130. The van der Waals surface area contributed by atoms with Crippen molar-refractivity contribution in [3.63, 3.8) is 0 Å². The van der Waals surface area contributed by atoms with E-state index in [1.165, 1.54) is 0 Å². The maximum Gasteiger partial charge on any atom is 0.107 e. The maximum absolute atomic E-state index is 6.10. The molecule has 1 unspecified atom stereocenters. The Balaban J connectivity index is 2.57. The first-order valence-corrected chi connectivity index (χ1v) is 7.04. The quantitative estimate of drug-likeness (QED) is 0.775. The highest BCUT2D eigenvalue weighted by atomic mass is 16.6. The fourth-order valence-corrected chi connectivity index (χ4v) is 2.11. The summed E-state index contributed by atoms with van der Waals surface area (Å²) in [6, 6.07) is 0. The summed E-state index contributed by atoms with van der Waals surface area (Å²) < 4.78 is 17.9. The summed E-state index contributed by atoms with van der Waals surface area (Å²) >= 11 is 0. The molecule has 3 atom stereocenters. The summed E-state index contributed by atoms with van der Waals surface area (Å²) in [6.45, 7) is 15.2. The zero-order chi connectivity index (χ0) is 14.0. The van der Waals surface area contributed by atoms with Crippen molar-refractivity contribution in [2.45, 2.75) is 90.8 Å². The average molecular weight is 258 g/mol. The van der Waals surface area contributed by atoms with E-state index >= 15 is 0 Å². The van der Waals surface area contributed by atoms with Crippen molar-refractivity contribution in [1.29, 1.82) is 0 Å². The minimum absolute atomic E-state index is 0.0483. The molecule has 0 aromatic heterocycles. The van der Waals surface area contributed by atoms with Gasteiger partial charge in [-0.1, -0.05) is 0 Å². The van der Waals surface area contributed by atoms with Crippen LogP contribution < -0.4 is 0 Å². The molecule has 3 nitrogen and oxygen atoms in total. The van der Waals surface area contributed by atoms with Gasteiger partial charge in [-0.15, -0.1) is 0 Å². The molecule has 108 valence electrons. The second-order valence-corrected chi connectivity index (χ2v) is 7.25. The Morgan fingerprint density at radius 3 is 2.11 bits per heavy atom. The highest BCUT2D eigenvalue weighted by molar-refractivity contribution is 4.81. The van der Waals surface area contributed by atoms with Gasteiger partial charge >= 0.3 is 0 Å². The highest BCUT2D eigenvalue weighted by Crippen LogP contribution is 2.27. The van der Waals surface area contributed by atoms with Crippen LogP contribution in [-0.2, 0) is 14.2 Å². The largest absolute Gasteiger partial charge is 0.373 e. The molecule has 1 heterocycles. The summed E-state index contributed by atoms with van der Waals surface area (Å²) in [5, 5.41) is 0. The van der Waals surface area contributed by atoms with Gasteiger partial charge in [0.15, 0.2) is 0 Å². The first kappa shape index (κ1) is 15.9. The lowest BCUT2D eigenvalue weighted by molar-refractivity contribution is -0.197. The molecule has 1 saturated heterocycles. The lowest BCUT2D eigenvalue weighted by Gasteiger charge is -2.39. The fraction of sp³-hybridized carbons (Fsp3) is 1.00. The van der Waals surface area contributed by atoms with Crippen molar-refractivity contribution in [3.8, 4) is 0 Å². The van der Waals surface area contributed by atoms with Gasteiger partial charge in [-0.25, -0.2) is 0 Å². The first-order valence-electron chi connectivity index (χ1n) is 7.04. The molecule has 0 aliphatic carbocycles. The van der Waals surface area contributed by atoms with E-state index in [0.717, 1.165) is 12.8 Å². The Bertz CT molecular complexity index is 249. The monoisotopic (exact) mass is 258 g/mol. The number of rotatable bonds is 3. The van der Waals surface area contributed by atoms with E-state index < -0.39 is 0 Å². The first-order chi connectivity index (χ1) is 8.07. The van der Waals surface area contributed by atoms with Crippen LogP contribution in [0.25, 0.3) is 0 Å². The second kappa shape index (κ2) is 5.89. The fourth-order valence-electron chi connectivity index (χ4n) is 2.11. The van der Waals surface area contributed by atoms with E-state index in [1.54, 1.807) is 0 Å². The molecule has 0 radical (unpaired) electrons. The van der Waals surface area contributed by atoms with E-state index in [4.69, 9.17) is 14.2 Å². The van der Waals surface area contributed by atoms with Crippen LogP contribution >= 0.6 is 0 Å². The van der Waals surface area contributed by atoms with Gasteiger partial charge in [-0.05, 0) is 61.3 Å². The maximum atomic E-state index is 6.10. The third-order valence-corrected chi connectivity index (χ3v) is 2.87. The van der Waals surface area contributed by atoms with Crippen molar-refractivity contribution < 1.29 is 14.2 Å². The molecule has 1 aliphatic rings. The van der Waals surface area contributed by atoms with Crippen LogP contribution in [0.5, 0.6) is 0 Å². The van der Waals surface area contributed by atoms with E-state index in [0.29, 0.717) is 12.7 Å². The van der Waals surface area contributed by atoms with Crippen LogP contribution in [0.15, 0.2) is 0 Å². The predicted molar refractivity (Wildman–Crippen MR) is 73.9 cm³/mol. The minimum Gasteiger partial charge on any atom is -0.373 e. The lowest BCUT2D eigenvalue weighted by Crippen LogP contribution is -2.46. The van der Waals surface area contributed by atoms with E-state index in [1.807, 2.05) is 0 Å². The highest BCUT2D eigenvalue weighted by Gasteiger charge is 2.34. The Hall–Kier alpha value is -0.120. The molecule has 0 amide bonds. The smallest absolute Gasteiger partial charge is 0.107 e. The van der Waals surface area contributed by atoms with Gasteiger partial charge in [-0.2, -0.15) is 0 Å². The molecule has 18 heavy (non-hydrogen) atoms. The summed E-state index contributed by atoms with van der Waals surface area (Å²) in [5.41, 5.74) is -0.259. The van der Waals surface area contributed by atoms with Crippen molar-refractivity contribution in [3.05, 3.63) is 0 Å². The van der Waals surface area contributed by atoms with Gasteiger partial charge in [-0.3, -0.25) is 0 Å². The number of ether oxygens (including phenoxy) is 3. The summed E-state index contributed by atoms with van der Waals surface area (Å²) in [6.07, 6.45) is 2.61. The van der Waals surface area contributed by atoms with Gasteiger partial charge in [0.2, 0.25) is 0 Å². The van der Waals surface area contributed by atoms with Crippen LogP contribution in [0, 0.1) is 0 Å². The molecular formula is C15H30O3. The van der Waals surface area contributed by atoms with E-state index in [9.17, 15) is 0 Å². The topological polar surface area (TPSA) is 27.7 Å². The van der Waals surface area contributed by atoms with Crippen molar-refractivity contribution in [2.24, 2.45) is 0 Å². The van der Waals surface area contributed by atoms with Crippen LogP contribution in [0.4, 0.5) is 0 Å². The standard InChI is InChI=1S/C15H30O3/c1-11-8-9-12(18-15(5,6)7)13(17-11)10-16-14(2,3)4/h11-13H,8-10H2,1-7H3/t11?,12-,13-/m1/s1. The molecule has 0 aromatic rings. The molecule has 0 spiro atoms. The Kier molecular flexibility index (Phi) is 5.22. The van der Waals surface area contributed by atoms with Gasteiger partial charge < -0.3 is 14.2 Å². The van der Waals surface area contributed by atoms with Gasteiger partial charge in [0.1, 0.15) is 6.10 Å². The van der Waals surface area contributed by atoms with Crippen molar-refractivity contribution in [2.75, 3.05) is 6.61 Å². The molecule has 0 saturated carbocycles. The molecule has 0 N–H and O–H groups in total. The number of hydrogen-bond acceptors (Lipinski definition) is 3. The average Bonchev–Trinajstić information content (AvgIpc) is 2.15. The van der Waals surface area contributed by atoms with Gasteiger partial charge in [0, 0.05) is 0 Å². The summed E-state index contributed by atoms with van der Waals surface area (Å²) in [7, 11) is 0. The zero-order valence-electron chi connectivity index (χ0n) is 13.1. The van der Waals surface area contributed by atoms with E-state index in [2.05, 4.69) is 48.5 Å². The number of hydrogen-bond donors (Lipinski definition) is 0. The molecule has 0 aromatic carbocycles. The Morgan fingerprint density at radius 2 is 1.61 bits per heavy atom. The molecule has 0 bridgehead atoms. The molecule has 1 fully saturated rings. The normalized spacial score (nSPS) is 30.5. The van der Waals surface area contributed by atoms with Crippen LogP contribution in [-0.4, -0.2) is 36.1 Å². The van der Waals surface area contributed by atoms with Crippen LogP contribution in [0.3, 0.4) is 0 Å². The SMILES string of the molecule is CC1CC[C@@H](OC(C)(C)C)[C@@H](COC(C)(C)C)O1. The molecule has 1 aliphatic heterocycles. The molecule has 3 heteroatoms. The molecular weight excluding hydrogens is 228 g/mol. The van der Waals surface area contributed by atoms with Crippen LogP contribution in [0.2, 0.25) is 0 Å². The van der Waals surface area contributed by atoms with Crippen LogP contribution in [0.1, 0.15) is 61.3 Å². The zero-order valence-corrected chi connectivity index (χ0v) is 13.1. The second-order valence-electron chi connectivity index (χ2n) is 7.25. The summed E-state index contributed by atoms with van der Waals surface area (Å²) in [5.74, 6) is 0. The summed E-state index contributed by atoms with van der Waals surface area (Å²) in [4.78, 5) is 0. The van der Waals surface area contributed by atoms with Crippen molar-refractivity contribution in [1.82, 2.24) is 0 Å². The Morgan fingerprint density at radius 1 is 1.00 bits per heavy atom. The Labute approximate surface area is 112 Å². The third kappa shape index (κ3) is 6.17. The lowest BCUT2D eigenvalue weighted by atomic mass is 10.0. The van der Waals surface area contributed by atoms with Gasteiger partial charge in [0.05, 0.1) is 30.0 Å². The van der Waals surface area contributed by atoms with E-state index in [-0.39, 0.29) is 23.4 Å².